The van der Waals surface area contributed by atoms with E-state index in [2.05, 4.69) is 4.74 Å². The van der Waals surface area contributed by atoms with E-state index in [0.717, 1.165) is 18.7 Å². The number of rotatable bonds is 1. The van der Waals surface area contributed by atoms with E-state index in [9.17, 15) is 4.79 Å². The maximum Gasteiger partial charge on any atom is 0.512 e. The molecule has 1 saturated heterocycles. The lowest BCUT2D eigenvalue weighted by atomic mass is 10.2. The molecule has 2 aliphatic heterocycles. The van der Waals surface area contributed by atoms with Crippen LogP contribution in [-0.4, -0.2) is 33.8 Å². The normalized spacial score (nSPS) is 26.8. The molecule has 0 aromatic rings. The van der Waals surface area contributed by atoms with Gasteiger partial charge >= 0.3 is 6.16 Å². The molecule has 0 aliphatic carbocycles. The fourth-order valence-electron chi connectivity index (χ4n) is 1.33. The predicted molar refractivity (Wildman–Crippen MR) is 44.8 cm³/mol. The molecule has 0 aromatic carbocycles. The maximum atomic E-state index is 10.2. The van der Waals surface area contributed by atoms with Gasteiger partial charge in [-0.3, -0.25) is 0 Å². The van der Waals surface area contributed by atoms with E-state index in [1.54, 1.807) is 0 Å². The van der Waals surface area contributed by atoms with Crippen LogP contribution in [0.5, 0.6) is 0 Å². The predicted octanol–water partition coefficient (Wildman–Crippen LogP) is 1.30. The third-order valence-corrected chi connectivity index (χ3v) is 3.22. The Morgan fingerprint density at radius 2 is 2.67 bits per heavy atom. The number of nitrogens with zero attached hydrogens (tertiary/aromatic N) is 1. The van der Waals surface area contributed by atoms with Crippen molar-refractivity contribution >= 4 is 17.9 Å². The molecule has 0 bridgehead atoms. The van der Waals surface area contributed by atoms with Crippen LogP contribution in [0.3, 0.4) is 0 Å². The number of carbonyl (C=O) groups is 1. The van der Waals surface area contributed by atoms with Gasteiger partial charge in [0, 0.05) is 12.3 Å². The number of ether oxygens (including phenoxy) is 1. The Hall–Kier alpha value is -0.840. The van der Waals surface area contributed by atoms with Gasteiger partial charge in [-0.15, -0.1) is 11.8 Å². The van der Waals surface area contributed by atoms with Crippen LogP contribution in [0.2, 0.25) is 0 Å². The molecule has 1 N–H and O–H groups in total. The van der Waals surface area contributed by atoms with Crippen LogP contribution < -0.4 is 0 Å². The molecule has 66 valence electrons. The van der Waals surface area contributed by atoms with Gasteiger partial charge in [-0.25, -0.2) is 4.79 Å². The number of fused-ring (bicyclic) bond motifs is 1. The summed E-state index contributed by atoms with van der Waals surface area (Å²) in [6, 6.07) is 0. The Morgan fingerprint density at radius 1 is 1.83 bits per heavy atom. The van der Waals surface area contributed by atoms with E-state index in [1.165, 1.54) is 0 Å². The molecule has 0 amide bonds. The van der Waals surface area contributed by atoms with Gasteiger partial charge in [-0.1, -0.05) is 0 Å². The molecule has 2 aliphatic rings. The van der Waals surface area contributed by atoms with Crippen molar-refractivity contribution in [2.24, 2.45) is 0 Å². The summed E-state index contributed by atoms with van der Waals surface area (Å²) in [6.45, 7) is 0.913. The first kappa shape index (κ1) is 7.79. The van der Waals surface area contributed by atoms with Gasteiger partial charge < -0.3 is 14.7 Å². The highest BCUT2D eigenvalue weighted by Crippen LogP contribution is 2.35. The van der Waals surface area contributed by atoms with E-state index >= 15 is 0 Å². The summed E-state index contributed by atoms with van der Waals surface area (Å²) in [5.41, 5.74) is 0. The van der Waals surface area contributed by atoms with Crippen LogP contribution in [0.1, 0.15) is 6.42 Å². The van der Waals surface area contributed by atoms with Crippen molar-refractivity contribution in [3.05, 3.63) is 12.0 Å². The summed E-state index contributed by atoms with van der Waals surface area (Å²) in [5, 5.41) is 8.85. The topological polar surface area (TPSA) is 49.8 Å². The monoisotopic (exact) mass is 187 g/mol. The van der Waals surface area contributed by atoms with E-state index in [4.69, 9.17) is 5.11 Å². The van der Waals surface area contributed by atoms with Gasteiger partial charge in [0.15, 0.2) is 0 Å². The summed E-state index contributed by atoms with van der Waals surface area (Å²) < 4.78 is 4.62. The second kappa shape index (κ2) is 2.90. The van der Waals surface area contributed by atoms with Crippen molar-refractivity contribution in [1.29, 1.82) is 0 Å². The van der Waals surface area contributed by atoms with Crippen LogP contribution >= 0.6 is 11.8 Å². The molecule has 2 rings (SSSR count). The zero-order chi connectivity index (χ0) is 8.55. The molecule has 0 aromatic heterocycles. The minimum Gasteiger partial charge on any atom is -0.449 e. The van der Waals surface area contributed by atoms with Crippen LogP contribution in [0.15, 0.2) is 12.0 Å². The number of thioether (sulfide) groups is 1. The van der Waals surface area contributed by atoms with E-state index in [1.807, 2.05) is 22.7 Å². The highest BCUT2D eigenvalue weighted by molar-refractivity contribution is 8.00. The first-order chi connectivity index (χ1) is 5.77. The zero-order valence-electron chi connectivity index (χ0n) is 6.40. The molecule has 1 atom stereocenters. The van der Waals surface area contributed by atoms with Gasteiger partial charge in [0.2, 0.25) is 5.88 Å². The molecule has 0 radical (unpaired) electrons. The Morgan fingerprint density at radius 3 is 3.25 bits per heavy atom. The molecule has 5 heteroatoms. The molecular weight excluding hydrogens is 178 g/mol. The summed E-state index contributed by atoms with van der Waals surface area (Å²) in [6.07, 6.45) is 1.72. The molecule has 1 unspecified atom stereocenters. The van der Waals surface area contributed by atoms with E-state index in [0.29, 0.717) is 11.3 Å². The van der Waals surface area contributed by atoms with Crippen LogP contribution in [0.25, 0.3) is 0 Å². The standard InChI is InChI=1S/C7H9NO3S/c9-7(10)11-5-2-4-12-6-1-3-8(5)6/h2,6H,1,3-4H2,(H,9,10). The largest absolute Gasteiger partial charge is 0.512 e. The Kier molecular flexibility index (Phi) is 1.88. The van der Waals surface area contributed by atoms with E-state index < -0.39 is 6.16 Å². The molecular formula is C7H9NO3S. The van der Waals surface area contributed by atoms with Gasteiger partial charge in [-0.2, -0.15) is 0 Å². The highest BCUT2D eigenvalue weighted by Gasteiger charge is 2.34. The van der Waals surface area contributed by atoms with Gasteiger partial charge in [0.1, 0.15) is 0 Å². The van der Waals surface area contributed by atoms with Crippen molar-refractivity contribution in [2.75, 3.05) is 12.3 Å². The fourth-order valence-corrected chi connectivity index (χ4v) is 2.45. The summed E-state index contributed by atoms with van der Waals surface area (Å²) in [4.78, 5) is 12.2. The van der Waals surface area contributed by atoms with Crippen molar-refractivity contribution < 1.29 is 14.6 Å². The van der Waals surface area contributed by atoms with Gasteiger partial charge in [0.25, 0.3) is 0 Å². The maximum absolute atomic E-state index is 10.2. The average molecular weight is 187 g/mol. The van der Waals surface area contributed by atoms with Crippen molar-refractivity contribution in [3.8, 4) is 0 Å². The summed E-state index contributed by atoms with van der Waals surface area (Å²) in [5.74, 6) is 1.36. The third-order valence-electron chi connectivity index (χ3n) is 1.99. The third kappa shape index (κ3) is 1.24. The van der Waals surface area contributed by atoms with Crippen molar-refractivity contribution in [3.63, 3.8) is 0 Å². The summed E-state index contributed by atoms with van der Waals surface area (Å²) >= 11 is 1.82. The lowest BCUT2D eigenvalue weighted by Crippen LogP contribution is -2.47. The minimum atomic E-state index is -1.22. The number of hydrogen-bond donors (Lipinski definition) is 1. The molecule has 4 nitrogen and oxygen atoms in total. The van der Waals surface area contributed by atoms with Crippen molar-refractivity contribution in [2.45, 2.75) is 11.8 Å². The lowest BCUT2D eigenvalue weighted by Gasteiger charge is -2.44. The van der Waals surface area contributed by atoms with Gasteiger partial charge in [-0.05, 0) is 12.5 Å². The zero-order valence-corrected chi connectivity index (χ0v) is 7.21. The molecule has 0 spiro atoms. The Bertz CT molecular complexity index is 241. The first-order valence-electron chi connectivity index (χ1n) is 3.76. The minimum absolute atomic E-state index is 0.448. The number of hydrogen-bond acceptors (Lipinski definition) is 4. The van der Waals surface area contributed by atoms with Gasteiger partial charge in [0.05, 0.1) is 5.37 Å². The van der Waals surface area contributed by atoms with Crippen LogP contribution in [-0.2, 0) is 4.74 Å². The van der Waals surface area contributed by atoms with Crippen LogP contribution in [0.4, 0.5) is 4.79 Å². The molecule has 12 heavy (non-hydrogen) atoms. The Balaban J connectivity index is 2.03. The Labute approximate surface area is 74.2 Å². The summed E-state index contributed by atoms with van der Waals surface area (Å²) in [7, 11) is 0. The second-order valence-electron chi connectivity index (χ2n) is 2.68. The second-order valence-corrected chi connectivity index (χ2v) is 3.89. The SMILES string of the molecule is O=C(O)OC1=CCSC2CCN12. The van der Waals surface area contributed by atoms with Crippen molar-refractivity contribution in [1.82, 2.24) is 4.90 Å². The fraction of sp³-hybridized carbons (Fsp3) is 0.571. The smallest absolute Gasteiger partial charge is 0.449 e. The molecule has 2 heterocycles. The quantitative estimate of drug-likeness (QED) is 0.627. The van der Waals surface area contributed by atoms with Crippen LogP contribution in [0, 0.1) is 0 Å². The molecule has 1 fully saturated rings. The first-order valence-corrected chi connectivity index (χ1v) is 4.81. The highest BCUT2D eigenvalue weighted by atomic mass is 32.2. The average Bonchev–Trinajstić information content (AvgIpc) is 1.91. The van der Waals surface area contributed by atoms with E-state index in [-0.39, 0.29) is 0 Å². The lowest BCUT2D eigenvalue weighted by molar-refractivity contribution is 0.0579. The number of carboxylic acid groups (broad SMARTS) is 1. The molecule has 0 saturated carbocycles.